The molecule has 7 nitrogen and oxygen atoms in total. The van der Waals surface area contributed by atoms with Crippen LogP contribution in [-0.4, -0.2) is 82.2 Å². The zero-order valence-electron chi connectivity index (χ0n) is 21.6. The lowest BCUT2D eigenvalue weighted by molar-refractivity contribution is -0.00959. The zero-order valence-corrected chi connectivity index (χ0v) is 21.6. The van der Waals surface area contributed by atoms with Crippen molar-refractivity contribution in [2.24, 2.45) is 5.92 Å². The molecule has 2 N–H and O–H groups in total. The number of likely N-dealkylation sites (tertiary alicyclic amines) is 2. The summed E-state index contributed by atoms with van der Waals surface area (Å²) in [6.07, 6.45) is 2.17. The summed E-state index contributed by atoms with van der Waals surface area (Å²) in [7, 11) is 0. The maximum absolute atomic E-state index is 13.8. The first-order chi connectivity index (χ1) is 18.4. The minimum atomic E-state index is -1.17. The lowest BCUT2D eigenvalue weighted by Crippen LogP contribution is -2.49. The smallest absolute Gasteiger partial charge is 0.407 e. The lowest BCUT2D eigenvalue weighted by Gasteiger charge is -2.39. The number of carbonyl (C=O) groups is 2. The highest BCUT2D eigenvalue weighted by molar-refractivity contribution is 6.07. The summed E-state index contributed by atoms with van der Waals surface area (Å²) >= 11 is 0. The standard InChI is InChI=1S/C31H35N3O4/c1-2-17-34(30(36)37)26-15-18-32(19-16-26)20-25-21-33(22-31(25,38)24-11-4-3-5-12-24)29(35)28-14-8-10-23-9-6-7-13-27(23)28/h2-14,25-26,38H,1,15-22H2,(H,36,37). The first-order valence-electron chi connectivity index (χ1n) is 13.3. The minimum absolute atomic E-state index is 0.0391. The Bertz CT molecular complexity index is 1300. The van der Waals surface area contributed by atoms with Crippen molar-refractivity contribution in [2.45, 2.75) is 24.5 Å². The van der Waals surface area contributed by atoms with Crippen LogP contribution < -0.4 is 0 Å². The predicted octanol–water partition coefficient (Wildman–Crippen LogP) is 4.43. The summed E-state index contributed by atoms with van der Waals surface area (Å²) in [5, 5.41) is 23.6. The third-order valence-electron chi connectivity index (χ3n) is 8.18. The van der Waals surface area contributed by atoms with Crippen molar-refractivity contribution in [1.82, 2.24) is 14.7 Å². The van der Waals surface area contributed by atoms with Crippen LogP contribution >= 0.6 is 0 Å². The molecule has 0 saturated carbocycles. The van der Waals surface area contributed by atoms with E-state index in [0.717, 1.165) is 42.3 Å². The first-order valence-corrected chi connectivity index (χ1v) is 13.3. The quantitative estimate of drug-likeness (QED) is 0.457. The molecular formula is C31H35N3O4. The summed E-state index contributed by atoms with van der Waals surface area (Å²) in [4.78, 5) is 31.0. The van der Waals surface area contributed by atoms with Crippen LogP contribution in [0.15, 0.2) is 85.5 Å². The van der Waals surface area contributed by atoms with Gasteiger partial charge in [0.15, 0.2) is 0 Å². The zero-order chi connectivity index (χ0) is 26.7. The molecule has 2 aliphatic rings. The van der Waals surface area contributed by atoms with Gasteiger partial charge in [0.25, 0.3) is 5.91 Å². The first kappa shape index (κ1) is 25.9. The number of carbonyl (C=O) groups excluding carboxylic acids is 1. The molecule has 38 heavy (non-hydrogen) atoms. The number of nitrogens with zero attached hydrogens (tertiary/aromatic N) is 3. The Morgan fingerprint density at radius 3 is 2.39 bits per heavy atom. The number of rotatable bonds is 7. The third-order valence-corrected chi connectivity index (χ3v) is 8.18. The van der Waals surface area contributed by atoms with Gasteiger partial charge in [0.1, 0.15) is 5.60 Å². The van der Waals surface area contributed by atoms with E-state index in [1.165, 1.54) is 4.90 Å². The van der Waals surface area contributed by atoms with Gasteiger partial charge in [0.2, 0.25) is 0 Å². The van der Waals surface area contributed by atoms with Gasteiger partial charge < -0.3 is 24.9 Å². The molecule has 0 aliphatic carbocycles. The van der Waals surface area contributed by atoms with E-state index in [1.54, 1.807) is 11.0 Å². The van der Waals surface area contributed by atoms with Crippen molar-refractivity contribution in [2.75, 3.05) is 39.3 Å². The molecule has 0 bridgehead atoms. The molecule has 2 saturated heterocycles. The normalized spacial score (nSPS) is 22.4. The summed E-state index contributed by atoms with van der Waals surface area (Å²) < 4.78 is 0. The fraction of sp³-hybridized carbons (Fsp3) is 0.355. The highest BCUT2D eigenvalue weighted by Gasteiger charge is 2.49. The molecule has 3 aromatic carbocycles. The average Bonchev–Trinajstić information content (AvgIpc) is 3.28. The van der Waals surface area contributed by atoms with Crippen molar-refractivity contribution < 1.29 is 19.8 Å². The highest BCUT2D eigenvalue weighted by atomic mass is 16.4. The molecule has 2 atom stereocenters. The second kappa shape index (κ2) is 11.0. The van der Waals surface area contributed by atoms with E-state index in [9.17, 15) is 19.8 Å². The van der Waals surface area contributed by atoms with E-state index in [4.69, 9.17) is 0 Å². The van der Waals surface area contributed by atoms with Gasteiger partial charge >= 0.3 is 6.09 Å². The van der Waals surface area contributed by atoms with E-state index < -0.39 is 11.7 Å². The number of piperidine rings is 1. The summed E-state index contributed by atoms with van der Waals surface area (Å²) in [5.41, 5.74) is 0.293. The second-order valence-corrected chi connectivity index (χ2v) is 10.5. The number of carboxylic acid groups (broad SMARTS) is 1. The Labute approximate surface area is 223 Å². The molecule has 2 amide bonds. The van der Waals surface area contributed by atoms with Crippen LogP contribution in [0.25, 0.3) is 10.8 Å². The Balaban J connectivity index is 1.36. The van der Waals surface area contributed by atoms with Gasteiger partial charge in [-0.1, -0.05) is 72.8 Å². The maximum Gasteiger partial charge on any atom is 0.407 e. The van der Waals surface area contributed by atoms with Gasteiger partial charge in [0.05, 0.1) is 6.54 Å². The fourth-order valence-corrected chi connectivity index (χ4v) is 6.15. The Morgan fingerprint density at radius 1 is 1.00 bits per heavy atom. The molecule has 198 valence electrons. The highest BCUT2D eigenvalue weighted by Crippen LogP contribution is 2.39. The molecule has 3 aromatic rings. The van der Waals surface area contributed by atoms with Crippen molar-refractivity contribution in [3.05, 3.63) is 96.6 Å². The van der Waals surface area contributed by atoms with Crippen LogP contribution in [0.1, 0.15) is 28.8 Å². The predicted molar refractivity (Wildman–Crippen MR) is 148 cm³/mol. The van der Waals surface area contributed by atoms with E-state index in [2.05, 4.69) is 11.5 Å². The van der Waals surface area contributed by atoms with Gasteiger partial charge in [-0.2, -0.15) is 0 Å². The fourth-order valence-electron chi connectivity index (χ4n) is 6.15. The SMILES string of the molecule is C=CCN(C(=O)O)C1CCN(CC2CN(C(=O)c3cccc4ccccc34)CC2(O)c2ccccc2)CC1. The topological polar surface area (TPSA) is 84.3 Å². The van der Waals surface area contributed by atoms with E-state index >= 15 is 0 Å². The number of β-amino-alcohol motifs (C(OH)–C–C–N with tert-alkyl or cyclic N) is 1. The lowest BCUT2D eigenvalue weighted by atomic mass is 9.83. The van der Waals surface area contributed by atoms with Crippen LogP contribution in [0.2, 0.25) is 0 Å². The van der Waals surface area contributed by atoms with Crippen LogP contribution in [-0.2, 0) is 5.60 Å². The molecule has 2 unspecified atom stereocenters. The van der Waals surface area contributed by atoms with Gasteiger partial charge in [-0.05, 0) is 35.2 Å². The molecule has 0 spiro atoms. The minimum Gasteiger partial charge on any atom is -0.465 e. The summed E-state index contributed by atoms with van der Waals surface area (Å²) in [6, 6.07) is 23.3. The molecule has 0 radical (unpaired) electrons. The van der Waals surface area contributed by atoms with Gasteiger partial charge in [-0.25, -0.2) is 4.79 Å². The number of hydrogen-bond acceptors (Lipinski definition) is 4. The Kier molecular flexibility index (Phi) is 7.49. The number of aliphatic hydroxyl groups is 1. The number of hydrogen-bond donors (Lipinski definition) is 2. The summed E-state index contributed by atoms with van der Waals surface area (Å²) in [6.45, 7) is 6.80. The van der Waals surface area contributed by atoms with E-state index in [1.807, 2.05) is 72.8 Å². The van der Waals surface area contributed by atoms with Crippen LogP contribution in [0.3, 0.4) is 0 Å². The average molecular weight is 514 g/mol. The van der Waals surface area contributed by atoms with E-state index in [-0.39, 0.29) is 24.4 Å². The molecule has 7 heteroatoms. The van der Waals surface area contributed by atoms with E-state index in [0.29, 0.717) is 25.2 Å². The Morgan fingerprint density at radius 2 is 1.68 bits per heavy atom. The molecular weight excluding hydrogens is 478 g/mol. The third kappa shape index (κ3) is 5.04. The number of benzene rings is 3. The molecule has 2 fully saturated rings. The molecule has 2 heterocycles. The van der Waals surface area contributed by atoms with Crippen LogP contribution in [0.5, 0.6) is 0 Å². The molecule has 0 aromatic heterocycles. The number of fused-ring (bicyclic) bond motifs is 1. The van der Waals surface area contributed by atoms with Crippen LogP contribution in [0.4, 0.5) is 4.79 Å². The van der Waals surface area contributed by atoms with Crippen LogP contribution in [0, 0.1) is 5.92 Å². The number of amides is 2. The molecule has 2 aliphatic heterocycles. The van der Waals surface area contributed by atoms with Gasteiger partial charge in [0, 0.05) is 50.2 Å². The van der Waals surface area contributed by atoms with Gasteiger partial charge in [-0.15, -0.1) is 6.58 Å². The second-order valence-electron chi connectivity index (χ2n) is 10.5. The van der Waals surface area contributed by atoms with Crippen molar-refractivity contribution in [1.29, 1.82) is 0 Å². The maximum atomic E-state index is 13.8. The van der Waals surface area contributed by atoms with Crippen molar-refractivity contribution in [3.63, 3.8) is 0 Å². The molecule has 5 rings (SSSR count). The van der Waals surface area contributed by atoms with Gasteiger partial charge in [-0.3, -0.25) is 4.79 Å². The largest absolute Gasteiger partial charge is 0.465 e. The Hall–Kier alpha value is -3.68. The van der Waals surface area contributed by atoms with Crippen molar-refractivity contribution >= 4 is 22.8 Å². The summed E-state index contributed by atoms with van der Waals surface area (Å²) in [5.74, 6) is -0.247. The monoisotopic (exact) mass is 513 g/mol. The van der Waals surface area contributed by atoms with Crippen molar-refractivity contribution in [3.8, 4) is 0 Å².